The molecule has 4 rings (SSSR count). The van der Waals surface area contributed by atoms with E-state index in [9.17, 15) is 9.59 Å². The fourth-order valence-electron chi connectivity index (χ4n) is 5.18. The summed E-state index contributed by atoms with van der Waals surface area (Å²) in [4.78, 5) is 30.7. The van der Waals surface area contributed by atoms with Crippen molar-refractivity contribution in [1.82, 2.24) is 15.1 Å². The van der Waals surface area contributed by atoms with E-state index in [1.165, 1.54) is 16.7 Å². The quantitative estimate of drug-likeness (QED) is 0.700. The molecular weight excluding hydrogens is 410 g/mol. The largest absolute Gasteiger partial charge is 0.353 e. The number of nitrogens with zero attached hydrogens (tertiary/aromatic N) is 2. The summed E-state index contributed by atoms with van der Waals surface area (Å²) in [5.74, 6) is 0.307. The van der Waals surface area contributed by atoms with Gasteiger partial charge in [0.2, 0.25) is 11.8 Å². The number of carbonyl (C=O) groups is 2. The zero-order valence-electron chi connectivity index (χ0n) is 20.2. The Kier molecular flexibility index (Phi) is 7.49. The lowest BCUT2D eigenvalue weighted by atomic mass is 9.92. The molecule has 0 aliphatic carbocycles. The maximum atomic E-state index is 13.4. The Balaban J connectivity index is 1.43. The molecule has 2 atom stereocenters. The number of hydrogen-bond acceptors (Lipinski definition) is 3. The van der Waals surface area contributed by atoms with Crippen molar-refractivity contribution in [2.45, 2.75) is 71.6 Å². The Morgan fingerprint density at radius 3 is 2.27 bits per heavy atom. The van der Waals surface area contributed by atoms with Gasteiger partial charge >= 0.3 is 0 Å². The van der Waals surface area contributed by atoms with Gasteiger partial charge < -0.3 is 10.2 Å². The van der Waals surface area contributed by atoms with E-state index in [4.69, 9.17) is 0 Å². The molecule has 0 bridgehead atoms. The van der Waals surface area contributed by atoms with Crippen molar-refractivity contribution in [2.24, 2.45) is 5.92 Å². The van der Waals surface area contributed by atoms with E-state index < -0.39 is 6.04 Å². The van der Waals surface area contributed by atoms with Crippen LogP contribution >= 0.6 is 0 Å². The van der Waals surface area contributed by atoms with Crippen molar-refractivity contribution in [1.29, 1.82) is 0 Å². The molecule has 0 radical (unpaired) electrons. The van der Waals surface area contributed by atoms with E-state index in [0.717, 1.165) is 31.5 Å². The van der Waals surface area contributed by atoms with Gasteiger partial charge in [0.05, 0.1) is 0 Å². The maximum Gasteiger partial charge on any atom is 0.243 e. The summed E-state index contributed by atoms with van der Waals surface area (Å²) < 4.78 is 0. The molecule has 2 aliphatic heterocycles. The van der Waals surface area contributed by atoms with Crippen LogP contribution in [0.5, 0.6) is 0 Å². The molecular formula is C28H37N3O2. The monoisotopic (exact) mass is 447 g/mol. The van der Waals surface area contributed by atoms with Gasteiger partial charge in [-0.15, -0.1) is 0 Å². The number of benzene rings is 2. The van der Waals surface area contributed by atoms with Gasteiger partial charge in [0.25, 0.3) is 0 Å². The zero-order valence-corrected chi connectivity index (χ0v) is 20.2. The summed E-state index contributed by atoms with van der Waals surface area (Å²) in [5, 5.41) is 3.22. The van der Waals surface area contributed by atoms with Gasteiger partial charge in [-0.1, -0.05) is 69.3 Å². The van der Waals surface area contributed by atoms with Crippen LogP contribution in [0.2, 0.25) is 0 Å². The number of rotatable bonds is 7. The molecule has 0 fully saturated rings. The molecule has 5 nitrogen and oxygen atoms in total. The van der Waals surface area contributed by atoms with Crippen LogP contribution in [0.3, 0.4) is 0 Å². The Bertz CT molecular complexity index is 987. The van der Waals surface area contributed by atoms with Gasteiger partial charge in [-0.3, -0.25) is 14.5 Å². The van der Waals surface area contributed by atoms with E-state index in [2.05, 4.69) is 53.5 Å². The second-order valence-electron chi connectivity index (χ2n) is 9.90. The highest BCUT2D eigenvalue weighted by molar-refractivity contribution is 5.88. The van der Waals surface area contributed by atoms with Crippen LogP contribution < -0.4 is 5.32 Å². The first kappa shape index (κ1) is 23.5. The first-order valence-electron chi connectivity index (χ1n) is 12.4. The Labute approximate surface area is 198 Å². The third kappa shape index (κ3) is 5.47. The second-order valence-corrected chi connectivity index (χ2v) is 9.90. The Morgan fingerprint density at radius 2 is 1.61 bits per heavy atom. The third-order valence-electron chi connectivity index (χ3n) is 7.11. The first-order valence-corrected chi connectivity index (χ1v) is 12.4. The number of hydrogen-bond donors (Lipinski definition) is 1. The molecule has 0 spiro atoms. The number of carbonyl (C=O) groups excluding carboxylic acids is 2. The number of amides is 2. The van der Waals surface area contributed by atoms with Gasteiger partial charge in [0.15, 0.2) is 0 Å². The van der Waals surface area contributed by atoms with Crippen LogP contribution in [0.1, 0.15) is 55.9 Å². The lowest BCUT2D eigenvalue weighted by molar-refractivity contribution is -0.142. The highest BCUT2D eigenvalue weighted by atomic mass is 16.2. The molecule has 0 saturated heterocycles. The molecule has 2 aliphatic rings. The number of nitrogens with one attached hydrogen (secondary N) is 1. The molecule has 0 saturated carbocycles. The smallest absolute Gasteiger partial charge is 0.243 e. The summed E-state index contributed by atoms with van der Waals surface area (Å²) in [6.07, 6.45) is 3.08. The maximum absolute atomic E-state index is 13.4. The van der Waals surface area contributed by atoms with Gasteiger partial charge in [0.1, 0.15) is 6.04 Å². The zero-order chi connectivity index (χ0) is 23.4. The van der Waals surface area contributed by atoms with Crippen molar-refractivity contribution in [3.63, 3.8) is 0 Å². The van der Waals surface area contributed by atoms with Crippen molar-refractivity contribution < 1.29 is 9.59 Å². The van der Waals surface area contributed by atoms with E-state index in [1.807, 2.05) is 26.0 Å². The van der Waals surface area contributed by atoms with E-state index >= 15 is 0 Å². The van der Waals surface area contributed by atoms with Gasteiger partial charge in [-0.05, 0) is 41.0 Å². The van der Waals surface area contributed by atoms with Crippen molar-refractivity contribution >= 4 is 11.8 Å². The average Bonchev–Trinajstić information content (AvgIpc) is 2.83. The average molecular weight is 448 g/mol. The van der Waals surface area contributed by atoms with Crippen LogP contribution in [-0.2, 0) is 35.5 Å². The summed E-state index contributed by atoms with van der Waals surface area (Å²) in [5.41, 5.74) is 5.15. The Morgan fingerprint density at radius 1 is 0.970 bits per heavy atom. The third-order valence-corrected chi connectivity index (χ3v) is 7.11. The van der Waals surface area contributed by atoms with E-state index in [0.29, 0.717) is 25.9 Å². The minimum Gasteiger partial charge on any atom is -0.353 e. The fourth-order valence-corrected chi connectivity index (χ4v) is 5.18. The molecule has 5 heteroatoms. The fraction of sp³-hybridized carbons (Fsp3) is 0.500. The summed E-state index contributed by atoms with van der Waals surface area (Å²) in [6, 6.07) is 16.7. The second kappa shape index (κ2) is 10.5. The molecule has 2 aromatic carbocycles. The standard InChI is InChI=1S/C28H37N3O2/c1-4-25(30-14-13-21-9-5-7-11-23(21)18-30)17-29-28(33)26-16-22-10-6-8-12-24(22)19-31(26)27(32)15-20(2)3/h5-12,20,25-26H,4,13-19H2,1-3H3,(H,29,33). The van der Waals surface area contributed by atoms with Crippen LogP contribution in [0.4, 0.5) is 0 Å². The van der Waals surface area contributed by atoms with Gasteiger partial charge in [-0.2, -0.15) is 0 Å². The minimum absolute atomic E-state index is 0.0301. The molecule has 33 heavy (non-hydrogen) atoms. The topological polar surface area (TPSA) is 52.7 Å². The molecule has 2 amide bonds. The molecule has 2 heterocycles. The SMILES string of the molecule is CCC(CNC(=O)C1Cc2ccccc2CN1C(=O)CC(C)C)N1CCc2ccccc2C1. The van der Waals surface area contributed by atoms with Gasteiger partial charge in [-0.25, -0.2) is 0 Å². The highest BCUT2D eigenvalue weighted by Gasteiger charge is 2.35. The minimum atomic E-state index is -0.439. The molecule has 0 aromatic heterocycles. The normalized spacial score (nSPS) is 19.0. The van der Waals surface area contributed by atoms with Crippen LogP contribution in [0.15, 0.2) is 48.5 Å². The van der Waals surface area contributed by atoms with Crippen molar-refractivity contribution in [2.75, 3.05) is 13.1 Å². The predicted octanol–water partition coefficient (Wildman–Crippen LogP) is 3.94. The van der Waals surface area contributed by atoms with Crippen LogP contribution in [0.25, 0.3) is 0 Å². The summed E-state index contributed by atoms with van der Waals surface area (Å²) in [6.45, 7) is 9.36. The highest BCUT2D eigenvalue weighted by Crippen LogP contribution is 2.25. The molecule has 1 N–H and O–H groups in total. The van der Waals surface area contributed by atoms with E-state index in [1.54, 1.807) is 4.90 Å². The lowest BCUT2D eigenvalue weighted by Crippen LogP contribution is -2.54. The van der Waals surface area contributed by atoms with Crippen molar-refractivity contribution in [3.8, 4) is 0 Å². The van der Waals surface area contributed by atoms with Gasteiger partial charge in [0, 0.05) is 45.1 Å². The van der Waals surface area contributed by atoms with Crippen LogP contribution in [0, 0.1) is 5.92 Å². The summed E-state index contributed by atoms with van der Waals surface area (Å²) in [7, 11) is 0. The molecule has 2 unspecified atom stereocenters. The Hall–Kier alpha value is -2.66. The molecule has 2 aromatic rings. The molecule has 176 valence electrons. The predicted molar refractivity (Wildman–Crippen MR) is 132 cm³/mol. The van der Waals surface area contributed by atoms with E-state index in [-0.39, 0.29) is 23.8 Å². The first-order chi connectivity index (χ1) is 16.0. The number of fused-ring (bicyclic) bond motifs is 2. The van der Waals surface area contributed by atoms with Crippen LogP contribution in [-0.4, -0.2) is 46.8 Å². The van der Waals surface area contributed by atoms with Crippen molar-refractivity contribution in [3.05, 3.63) is 70.8 Å². The lowest BCUT2D eigenvalue weighted by Gasteiger charge is -2.38. The summed E-state index contributed by atoms with van der Waals surface area (Å²) >= 11 is 0.